The van der Waals surface area contributed by atoms with Gasteiger partial charge in [-0.05, 0) is 64.5 Å². The summed E-state index contributed by atoms with van der Waals surface area (Å²) in [7, 11) is 0. The van der Waals surface area contributed by atoms with Crippen LogP contribution in [-0.2, 0) is 17.8 Å². The van der Waals surface area contributed by atoms with Crippen molar-refractivity contribution in [2.75, 3.05) is 0 Å². The molecule has 0 saturated heterocycles. The zero-order chi connectivity index (χ0) is 28.9. The van der Waals surface area contributed by atoms with E-state index in [0.717, 1.165) is 39.2 Å². The summed E-state index contributed by atoms with van der Waals surface area (Å²) in [5.74, 6) is 0.602. The summed E-state index contributed by atoms with van der Waals surface area (Å²) in [6.07, 6.45) is -9.89. The van der Waals surface area contributed by atoms with Gasteiger partial charge in [0.1, 0.15) is 0 Å². The third-order valence-corrected chi connectivity index (χ3v) is 8.66. The molecule has 3 aromatic heterocycles. The van der Waals surface area contributed by atoms with Crippen LogP contribution in [0.3, 0.4) is 0 Å². The molecule has 0 fully saturated rings. The SMILES string of the molecule is CC(C)(C)c1ccc(-n2c(Sc3nc(-c4cc(C(F)(F)F)cc(C(F)(F)F)c4)cs3)nnc2-c2cccs2)cc1. The van der Waals surface area contributed by atoms with Gasteiger partial charge in [-0.3, -0.25) is 4.57 Å². The van der Waals surface area contributed by atoms with Crippen LogP contribution in [0.4, 0.5) is 26.3 Å². The van der Waals surface area contributed by atoms with Crippen LogP contribution >= 0.6 is 34.4 Å². The first kappa shape index (κ1) is 28.4. The van der Waals surface area contributed by atoms with Gasteiger partial charge in [0.2, 0.25) is 5.16 Å². The molecule has 0 aliphatic rings. The molecule has 0 amide bonds. The van der Waals surface area contributed by atoms with Crippen molar-refractivity contribution < 1.29 is 26.3 Å². The van der Waals surface area contributed by atoms with E-state index in [4.69, 9.17) is 0 Å². The Bertz CT molecular complexity index is 1590. The molecule has 13 heteroatoms. The van der Waals surface area contributed by atoms with Gasteiger partial charge in [0.05, 0.1) is 21.7 Å². The van der Waals surface area contributed by atoms with Gasteiger partial charge in [0, 0.05) is 16.6 Å². The molecule has 4 nitrogen and oxygen atoms in total. The highest BCUT2D eigenvalue weighted by molar-refractivity contribution is 8.00. The van der Waals surface area contributed by atoms with E-state index in [1.165, 1.54) is 16.7 Å². The van der Waals surface area contributed by atoms with Crippen molar-refractivity contribution in [3.05, 3.63) is 82.0 Å². The highest BCUT2D eigenvalue weighted by Crippen LogP contribution is 2.41. The van der Waals surface area contributed by atoms with Crippen molar-refractivity contribution in [3.8, 4) is 27.6 Å². The minimum Gasteiger partial charge on any atom is -0.269 e. The summed E-state index contributed by atoms with van der Waals surface area (Å²) in [4.78, 5) is 5.22. The second-order valence-corrected chi connectivity index (χ2v) is 12.8. The Labute approximate surface area is 237 Å². The number of hydrogen-bond acceptors (Lipinski definition) is 6. The molecule has 0 unspecified atom stereocenters. The van der Waals surface area contributed by atoms with Crippen molar-refractivity contribution in [1.82, 2.24) is 19.7 Å². The molecule has 3 heterocycles. The van der Waals surface area contributed by atoms with Crippen molar-refractivity contribution in [2.24, 2.45) is 0 Å². The number of thiazole rings is 1. The molecular formula is C27H20F6N4S3. The number of halogens is 6. The Morgan fingerprint density at radius 2 is 1.43 bits per heavy atom. The Balaban J connectivity index is 1.53. The van der Waals surface area contributed by atoms with Crippen molar-refractivity contribution in [2.45, 2.75) is 48.0 Å². The number of benzene rings is 2. The van der Waals surface area contributed by atoms with Crippen LogP contribution < -0.4 is 0 Å². The van der Waals surface area contributed by atoms with Crippen molar-refractivity contribution in [3.63, 3.8) is 0 Å². The average molecular weight is 611 g/mol. The third kappa shape index (κ3) is 5.96. The summed E-state index contributed by atoms with van der Waals surface area (Å²) in [5, 5.41) is 12.5. The Morgan fingerprint density at radius 1 is 0.775 bits per heavy atom. The van der Waals surface area contributed by atoms with Gasteiger partial charge in [0.15, 0.2) is 10.2 Å². The molecule has 0 saturated carbocycles. The van der Waals surface area contributed by atoms with E-state index in [2.05, 4.69) is 36.0 Å². The number of nitrogens with zero attached hydrogens (tertiary/aromatic N) is 4. The van der Waals surface area contributed by atoms with Gasteiger partial charge in [-0.25, -0.2) is 4.98 Å². The molecule has 5 aromatic rings. The van der Waals surface area contributed by atoms with Crippen LogP contribution in [0.5, 0.6) is 0 Å². The maximum absolute atomic E-state index is 13.4. The highest BCUT2D eigenvalue weighted by atomic mass is 32.2. The number of alkyl halides is 6. The molecule has 0 aliphatic heterocycles. The lowest BCUT2D eigenvalue weighted by atomic mass is 9.87. The zero-order valence-corrected chi connectivity index (χ0v) is 23.6. The summed E-state index contributed by atoms with van der Waals surface area (Å²) in [6, 6.07) is 13.2. The van der Waals surface area contributed by atoms with E-state index in [-0.39, 0.29) is 22.7 Å². The van der Waals surface area contributed by atoms with E-state index in [0.29, 0.717) is 27.5 Å². The quantitative estimate of drug-likeness (QED) is 0.186. The number of thiophene rings is 1. The zero-order valence-electron chi connectivity index (χ0n) is 21.1. The first-order valence-electron chi connectivity index (χ1n) is 11.7. The summed E-state index contributed by atoms with van der Waals surface area (Å²) < 4.78 is 82.4. The Morgan fingerprint density at radius 3 is 1.98 bits per heavy atom. The monoisotopic (exact) mass is 610 g/mol. The molecule has 0 aliphatic carbocycles. The van der Waals surface area contributed by atoms with E-state index in [1.807, 2.05) is 46.3 Å². The molecule has 2 aromatic carbocycles. The van der Waals surface area contributed by atoms with E-state index in [9.17, 15) is 26.3 Å². The Kier molecular flexibility index (Phi) is 7.34. The second kappa shape index (κ2) is 10.3. The minimum atomic E-state index is -4.94. The van der Waals surface area contributed by atoms with Crippen LogP contribution in [0.1, 0.15) is 37.5 Å². The van der Waals surface area contributed by atoms with Gasteiger partial charge >= 0.3 is 12.4 Å². The van der Waals surface area contributed by atoms with Crippen LogP contribution in [0.25, 0.3) is 27.6 Å². The molecule has 208 valence electrons. The molecule has 5 rings (SSSR count). The van der Waals surface area contributed by atoms with Gasteiger partial charge in [-0.1, -0.05) is 39.0 Å². The molecule has 0 atom stereocenters. The fourth-order valence-electron chi connectivity index (χ4n) is 3.86. The molecule has 0 spiro atoms. The van der Waals surface area contributed by atoms with Crippen molar-refractivity contribution >= 4 is 34.4 Å². The fraction of sp³-hybridized carbons (Fsp3) is 0.222. The number of rotatable bonds is 5. The van der Waals surface area contributed by atoms with E-state index < -0.39 is 23.5 Å². The fourth-order valence-corrected chi connectivity index (χ4v) is 6.34. The maximum Gasteiger partial charge on any atom is 0.416 e. The van der Waals surface area contributed by atoms with Crippen LogP contribution in [-0.4, -0.2) is 19.7 Å². The standard InChI is InChI=1S/C27H20F6N4S3/c1-25(2,3)16-6-8-19(9-7-16)37-22(21-5-4-10-38-21)35-36-23(37)40-24-34-20(14-39-24)15-11-17(26(28,29)30)13-18(12-15)27(31,32)33/h4-14H,1-3H3. The van der Waals surface area contributed by atoms with E-state index >= 15 is 0 Å². The first-order valence-corrected chi connectivity index (χ1v) is 14.3. The third-order valence-electron chi connectivity index (χ3n) is 5.91. The maximum atomic E-state index is 13.4. The topological polar surface area (TPSA) is 43.6 Å². The van der Waals surface area contributed by atoms with Gasteiger partial charge in [-0.2, -0.15) is 26.3 Å². The predicted octanol–water partition coefficient (Wildman–Crippen LogP) is 9.61. The van der Waals surface area contributed by atoms with Crippen LogP contribution in [0, 0.1) is 0 Å². The lowest BCUT2D eigenvalue weighted by molar-refractivity contribution is -0.143. The largest absolute Gasteiger partial charge is 0.416 e. The smallest absolute Gasteiger partial charge is 0.269 e. The van der Waals surface area contributed by atoms with Gasteiger partial charge in [0.25, 0.3) is 0 Å². The second-order valence-electron chi connectivity index (χ2n) is 9.81. The van der Waals surface area contributed by atoms with Crippen molar-refractivity contribution in [1.29, 1.82) is 0 Å². The average Bonchev–Trinajstić information content (AvgIpc) is 3.64. The molecule has 40 heavy (non-hydrogen) atoms. The number of aromatic nitrogens is 4. The van der Waals surface area contributed by atoms with Gasteiger partial charge in [-0.15, -0.1) is 32.9 Å². The Hall–Kier alpha value is -3.16. The molecule has 0 bridgehead atoms. The predicted molar refractivity (Wildman–Crippen MR) is 145 cm³/mol. The molecule has 0 radical (unpaired) electrons. The normalized spacial score (nSPS) is 12.7. The lowest BCUT2D eigenvalue weighted by Gasteiger charge is -2.19. The molecular weight excluding hydrogens is 591 g/mol. The minimum absolute atomic E-state index is 0.00294. The summed E-state index contributed by atoms with van der Waals surface area (Å²) in [6.45, 7) is 6.34. The lowest BCUT2D eigenvalue weighted by Crippen LogP contribution is -2.11. The molecule has 0 N–H and O–H groups in total. The number of hydrogen-bond donors (Lipinski definition) is 0. The first-order chi connectivity index (χ1) is 18.7. The summed E-state index contributed by atoms with van der Waals surface area (Å²) in [5.41, 5.74) is -1.16. The van der Waals surface area contributed by atoms with Gasteiger partial charge < -0.3 is 0 Å². The summed E-state index contributed by atoms with van der Waals surface area (Å²) >= 11 is 3.71. The highest BCUT2D eigenvalue weighted by Gasteiger charge is 2.37. The van der Waals surface area contributed by atoms with Crippen LogP contribution in [0.15, 0.2) is 74.9 Å². The van der Waals surface area contributed by atoms with E-state index in [1.54, 1.807) is 0 Å². The van der Waals surface area contributed by atoms with Crippen LogP contribution in [0.2, 0.25) is 0 Å².